The van der Waals surface area contributed by atoms with Gasteiger partial charge in [-0.25, -0.2) is 4.68 Å². The molecule has 0 aliphatic heterocycles. The summed E-state index contributed by atoms with van der Waals surface area (Å²) in [6, 6.07) is 17.8. The lowest BCUT2D eigenvalue weighted by atomic mass is 10.1. The van der Waals surface area contributed by atoms with E-state index in [4.69, 9.17) is 17.3 Å². The quantitative estimate of drug-likeness (QED) is 0.789. The van der Waals surface area contributed by atoms with E-state index in [1.54, 1.807) is 4.68 Å². The number of halogens is 1. The molecule has 0 aliphatic rings. The average molecular weight is 298 g/mol. The highest BCUT2D eigenvalue weighted by Crippen LogP contribution is 2.27. The van der Waals surface area contributed by atoms with E-state index in [-0.39, 0.29) is 0 Å². The first-order valence-electron chi connectivity index (χ1n) is 6.77. The van der Waals surface area contributed by atoms with Gasteiger partial charge >= 0.3 is 0 Å². The van der Waals surface area contributed by atoms with Gasteiger partial charge in [0, 0.05) is 11.6 Å². The molecule has 3 nitrogen and oxygen atoms in total. The Morgan fingerprint density at radius 3 is 2.52 bits per heavy atom. The lowest BCUT2D eigenvalue weighted by Gasteiger charge is -2.05. The zero-order valence-electron chi connectivity index (χ0n) is 11.8. The summed E-state index contributed by atoms with van der Waals surface area (Å²) < 4.78 is 1.79. The topological polar surface area (TPSA) is 43.8 Å². The molecule has 0 unspecified atom stereocenters. The van der Waals surface area contributed by atoms with Gasteiger partial charge in [0.2, 0.25) is 0 Å². The molecule has 0 atom stereocenters. The highest BCUT2D eigenvalue weighted by molar-refractivity contribution is 6.33. The minimum Gasteiger partial charge on any atom is -0.384 e. The minimum atomic E-state index is 0.630. The van der Waals surface area contributed by atoms with Gasteiger partial charge in [0.1, 0.15) is 5.82 Å². The zero-order valence-corrected chi connectivity index (χ0v) is 12.5. The van der Waals surface area contributed by atoms with Crippen molar-refractivity contribution in [2.75, 3.05) is 5.73 Å². The highest BCUT2D eigenvalue weighted by atomic mass is 35.5. The fourth-order valence-electron chi connectivity index (χ4n) is 2.22. The van der Waals surface area contributed by atoms with E-state index in [1.807, 2.05) is 30.3 Å². The maximum absolute atomic E-state index is 6.21. The van der Waals surface area contributed by atoms with Crippen molar-refractivity contribution in [1.29, 1.82) is 0 Å². The average Bonchev–Trinajstić information content (AvgIpc) is 2.83. The van der Waals surface area contributed by atoms with Gasteiger partial charge in [-0.05, 0) is 18.6 Å². The zero-order chi connectivity index (χ0) is 14.8. The Hall–Kier alpha value is -2.26. The predicted molar refractivity (Wildman–Crippen MR) is 87.4 cm³/mol. The molecule has 0 fully saturated rings. The van der Waals surface area contributed by atoms with Crippen molar-refractivity contribution in [2.45, 2.75) is 13.5 Å². The molecule has 0 saturated carbocycles. The van der Waals surface area contributed by atoms with Crippen molar-refractivity contribution in [3.63, 3.8) is 0 Å². The van der Waals surface area contributed by atoms with Crippen LogP contribution in [0.3, 0.4) is 0 Å². The third kappa shape index (κ3) is 2.93. The number of nitrogens with zero attached hydrogens (tertiary/aromatic N) is 2. The van der Waals surface area contributed by atoms with E-state index >= 15 is 0 Å². The Kier molecular flexibility index (Phi) is 3.67. The lowest BCUT2D eigenvalue weighted by molar-refractivity contribution is 0.699. The molecular weight excluding hydrogens is 282 g/mol. The third-order valence-corrected chi connectivity index (χ3v) is 3.74. The fraction of sp³-hybridized carbons (Fsp3) is 0.118. The Morgan fingerprint density at radius 2 is 1.81 bits per heavy atom. The molecule has 2 N–H and O–H groups in total. The Labute approximate surface area is 129 Å². The van der Waals surface area contributed by atoms with Crippen LogP contribution in [0.2, 0.25) is 5.02 Å². The molecule has 1 heterocycles. The molecule has 4 heteroatoms. The second kappa shape index (κ2) is 5.62. The van der Waals surface area contributed by atoms with Crippen molar-refractivity contribution in [2.24, 2.45) is 0 Å². The highest BCUT2D eigenvalue weighted by Gasteiger charge is 2.10. The predicted octanol–water partition coefficient (Wildman–Crippen LogP) is 4.14. The summed E-state index contributed by atoms with van der Waals surface area (Å²) in [5.41, 5.74) is 10.2. The molecule has 106 valence electrons. The van der Waals surface area contributed by atoms with Crippen molar-refractivity contribution in [3.05, 3.63) is 70.7 Å². The van der Waals surface area contributed by atoms with E-state index in [1.165, 1.54) is 11.1 Å². The largest absolute Gasteiger partial charge is 0.384 e. The molecule has 0 aliphatic carbocycles. The Balaban J connectivity index is 1.91. The number of rotatable bonds is 3. The van der Waals surface area contributed by atoms with Gasteiger partial charge < -0.3 is 5.73 Å². The van der Waals surface area contributed by atoms with E-state index in [0.29, 0.717) is 17.4 Å². The van der Waals surface area contributed by atoms with Gasteiger partial charge in [-0.15, -0.1) is 0 Å². The molecule has 3 rings (SSSR count). The number of anilines is 1. The second-order valence-electron chi connectivity index (χ2n) is 5.08. The van der Waals surface area contributed by atoms with Crippen LogP contribution in [-0.4, -0.2) is 9.78 Å². The van der Waals surface area contributed by atoms with Gasteiger partial charge in [0.25, 0.3) is 0 Å². The molecule has 0 radical (unpaired) electrons. The smallest absolute Gasteiger partial charge is 0.122 e. The summed E-state index contributed by atoms with van der Waals surface area (Å²) in [6.45, 7) is 2.72. The molecule has 21 heavy (non-hydrogen) atoms. The summed E-state index contributed by atoms with van der Waals surface area (Å²) in [5.74, 6) is 0.630. The summed E-state index contributed by atoms with van der Waals surface area (Å²) in [7, 11) is 0. The standard InChI is InChI=1S/C17H16ClN3/c1-12-6-8-13(9-7-12)11-21-17(19)10-16(20-21)14-4-2-3-5-15(14)18/h2-10H,11,19H2,1H3. The molecule has 1 aromatic heterocycles. The number of aryl methyl sites for hydroxylation is 1. The van der Waals surface area contributed by atoms with Gasteiger partial charge in [-0.2, -0.15) is 5.10 Å². The summed E-state index contributed by atoms with van der Waals surface area (Å²) in [4.78, 5) is 0. The molecule has 0 saturated heterocycles. The molecular formula is C17H16ClN3. The van der Waals surface area contributed by atoms with E-state index in [0.717, 1.165) is 11.3 Å². The van der Waals surface area contributed by atoms with E-state index in [9.17, 15) is 0 Å². The van der Waals surface area contributed by atoms with Gasteiger partial charge in [0.05, 0.1) is 17.3 Å². The van der Waals surface area contributed by atoms with E-state index in [2.05, 4.69) is 36.3 Å². The van der Waals surface area contributed by atoms with Crippen LogP contribution in [0, 0.1) is 6.92 Å². The molecule has 0 amide bonds. The first-order chi connectivity index (χ1) is 10.1. The van der Waals surface area contributed by atoms with E-state index < -0.39 is 0 Å². The van der Waals surface area contributed by atoms with Crippen LogP contribution in [-0.2, 0) is 6.54 Å². The van der Waals surface area contributed by atoms with Crippen LogP contribution in [0.1, 0.15) is 11.1 Å². The van der Waals surface area contributed by atoms with Crippen LogP contribution in [0.5, 0.6) is 0 Å². The van der Waals surface area contributed by atoms with Crippen LogP contribution in [0.25, 0.3) is 11.3 Å². The van der Waals surface area contributed by atoms with Crippen molar-refractivity contribution in [1.82, 2.24) is 9.78 Å². The number of hydrogen-bond donors (Lipinski definition) is 1. The first-order valence-corrected chi connectivity index (χ1v) is 7.15. The molecule has 3 aromatic rings. The van der Waals surface area contributed by atoms with Gasteiger partial charge in [-0.1, -0.05) is 59.6 Å². The van der Waals surface area contributed by atoms with Crippen LogP contribution < -0.4 is 5.73 Å². The van der Waals surface area contributed by atoms with Crippen LogP contribution in [0.4, 0.5) is 5.82 Å². The Bertz CT molecular complexity index is 760. The summed E-state index contributed by atoms with van der Waals surface area (Å²) in [5, 5.41) is 5.24. The van der Waals surface area contributed by atoms with Gasteiger partial charge in [-0.3, -0.25) is 0 Å². The van der Waals surface area contributed by atoms with Crippen molar-refractivity contribution >= 4 is 17.4 Å². The maximum Gasteiger partial charge on any atom is 0.122 e. The SMILES string of the molecule is Cc1ccc(Cn2nc(-c3ccccc3Cl)cc2N)cc1. The first kappa shape index (κ1) is 13.7. The normalized spacial score (nSPS) is 10.8. The molecule has 2 aromatic carbocycles. The lowest BCUT2D eigenvalue weighted by Crippen LogP contribution is -2.05. The number of nitrogen functional groups attached to an aromatic ring is 1. The van der Waals surface area contributed by atoms with Crippen molar-refractivity contribution < 1.29 is 0 Å². The van der Waals surface area contributed by atoms with Gasteiger partial charge in [0.15, 0.2) is 0 Å². The number of nitrogens with two attached hydrogens (primary N) is 1. The number of aromatic nitrogens is 2. The number of hydrogen-bond acceptors (Lipinski definition) is 2. The molecule has 0 bridgehead atoms. The van der Waals surface area contributed by atoms with Crippen LogP contribution >= 0.6 is 11.6 Å². The monoisotopic (exact) mass is 297 g/mol. The maximum atomic E-state index is 6.21. The second-order valence-corrected chi connectivity index (χ2v) is 5.48. The fourth-order valence-corrected chi connectivity index (χ4v) is 2.46. The van der Waals surface area contributed by atoms with Crippen LogP contribution in [0.15, 0.2) is 54.6 Å². The van der Waals surface area contributed by atoms with Crippen molar-refractivity contribution in [3.8, 4) is 11.3 Å². The Morgan fingerprint density at radius 1 is 1.10 bits per heavy atom. The third-order valence-electron chi connectivity index (χ3n) is 3.41. The number of benzene rings is 2. The minimum absolute atomic E-state index is 0.630. The molecule has 0 spiro atoms. The summed E-state index contributed by atoms with van der Waals surface area (Å²) in [6.07, 6.45) is 0. The summed E-state index contributed by atoms with van der Waals surface area (Å²) >= 11 is 6.21.